The topological polar surface area (TPSA) is 100 Å². The summed E-state index contributed by atoms with van der Waals surface area (Å²) in [4.78, 5) is 30.3. The van der Waals surface area contributed by atoms with Crippen LogP contribution in [0.1, 0.15) is 0 Å². The Kier molecular flexibility index (Phi) is 16.5. The van der Waals surface area contributed by atoms with Gasteiger partial charge in [0, 0.05) is 156 Å². The fourth-order valence-corrected chi connectivity index (χ4v) is 25.1. The van der Waals surface area contributed by atoms with Crippen molar-refractivity contribution in [3.8, 4) is 102 Å². The molecule has 28 rings (SSSR count). The van der Waals surface area contributed by atoms with Crippen LogP contribution < -0.4 is 0 Å². The van der Waals surface area contributed by atoms with Crippen molar-refractivity contribution in [2.45, 2.75) is 0 Å². The molecule has 0 aliphatic carbocycles. The highest BCUT2D eigenvalue weighted by Gasteiger charge is 2.26. The lowest BCUT2D eigenvalue weighted by atomic mass is 10.0. The predicted molar refractivity (Wildman–Crippen MR) is 544 cm³/mol. The van der Waals surface area contributed by atoms with Crippen molar-refractivity contribution >= 4 is 223 Å². The van der Waals surface area contributed by atoms with Gasteiger partial charge in [-0.15, -0.1) is 56.7 Å². The maximum atomic E-state index is 7.07. The van der Waals surface area contributed by atoms with Crippen molar-refractivity contribution in [2.75, 3.05) is 0 Å². The van der Waals surface area contributed by atoms with Crippen LogP contribution in [0.3, 0.4) is 0 Å². The zero-order chi connectivity index (χ0) is 83.8. The van der Waals surface area contributed by atoms with Crippen molar-refractivity contribution in [1.82, 2.24) is 39.0 Å². The van der Waals surface area contributed by atoms with Gasteiger partial charge in [-0.25, -0.2) is 29.9 Å². The van der Waals surface area contributed by atoms with E-state index >= 15 is 0 Å². The molecular weight excluding hydrogens is 1660 g/mol. The summed E-state index contributed by atoms with van der Waals surface area (Å²) in [6.45, 7) is 0. The first-order valence-electron chi connectivity index (χ1n) is 42.7. The zero-order valence-electron chi connectivity index (χ0n) is 68.0. The molecule has 28 aromatic rings. The van der Waals surface area contributed by atoms with Gasteiger partial charge in [0.25, 0.3) is 0 Å². The fraction of sp³-hybridized carbons (Fsp3) is 0. The van der Waals surface area contributed by atoms with Gasteiger partial charge in [0.1, 0.15) is 5.58 Å². The summed E-state index contributed by atoms with van der Waals surface area (Å²) < 4.78 is 24.9. The fourth-order valence-electron chi connectivity index (χ4n) is 19.3. The number of hydrogen-bond donors (Lipinski definition) is 0. The Balaban J connectivity index is 0.000000132. The van der Waals surface area contributed by atoms with E-state index in [4.69, 9.17) is 34.3 Å². The van der Waals surface area contributed by atoms with Crippen LogP contribution in [0.4, 0.5) is 0 Å². The first-order valence-corrected chi connectivity index (χ1v) is 46.7. The number of furan rings is 1. The minimum Gasteiger partial charge on any atom is -0.453 e. The average molecular weight is 1720 g/mol. The Morgan fingerprint density at radius 1 is 0.172 bits per heavy atom. The van der Waals surface area contributed by atoms with Crippen molar-refractivity contribution in [2.24, 2.45) is 0 Å². The summed E-state index contributed by atoms with van der Waals surface area (Å²) in [5.41, 5.74) is 18.7. The third kappa shape index (κ3) is 11.7. The molecule has 0 amide bonds. The Hall–Kier alpha value is -15.5. The van der Waals surface area contributed by atoms with Crippen molar-refractivity contribution in [3.63, 3.8) is 0 Å². The minimum absolute atomic E-state index is 0.560. The smallest absolute Gasteiger partial charge is 0.167 e. The molecule has 0 atom stereocenters. The molecule has 0 aliphatic rings. The number of nitrogens with zero attached hydrogens (tertiary/aromatic N) is 8. The zero-order valence-corrected chi connectivity index (χ0v) is 72.1. The van der Waals surface area contributed by atoms with Crippen molar-refractivity contribution in [1.29, 1.82) is 0 Å². The average Bonchev–Trinajstić information content (AvgIpc) is 1.58. The van der Waals surface area contributed by atoms with Gasteiger partial charge in [-0.2, -0.15) is 0 Å². The molecular formula is C114H64N8OS5. The molecule has 10 aromatic heterocycles. The lowest BCUT2D eigenvalue weighted by molar-refractivity contribution is 0.667. The SMILES string of the molecule is c1ccc(-c2nc(-c3ccccc3)nc(-c3cccc4c3oc3c(-n5c6ccccc6c6cc(-c7ccc8sc9cc%10c(cc9c8c7)sc7ccccc7%10)ccc65)cccc34)n2)cc1.c1ccc(-c2nc(-c3ccccc3)nc(-c3cccc4c3sc3c(-n5c6ccccc6c6cc(-c7ccc8sc9cc%10c(cc9c8c7)sc7ccccc7%10)ccc65)cccc34)n2)cc1. The Labute approximate surface area is 750 Å². The highest BCUT2D eigenvalue weighted by atomic mass is 32.1. The number of rotatable bonds is 10. The van der Waals surface area contributed by atoms with E-state index in [2.05, 4.69) is 294 Å². The van der Waals surface area contributed by atoms with Gasteiger partial charge in [-0.1, -0.05) is 267 Å². The number of hydrogen-bond acceptors (Lipinski definition) is 12. The van der Waals surface area contributed by atoms with E-state index in [9.17, 15) is 0 Å². The summed E-state index contributed by atoms with van der Waals surface area (Å²) >= 11 is 9.35. The summed E-state index contributed by atoms with van der Waals surface area (Å²) in [6, 6.07) is 139. The monoisotopic (exact) mass is 1720 g/mol. The highest BCUT2D eigenvalue weighted by Crippen LogP contribution is 2.50. The van der Waals surface area contributed by atoms with Crippen LogP contribution >= 0.6 is 56.7 Å². The molecule has 596 valence electrons. The van der Waals surface area contributed by atoms with Crippen LogP contribution in [0, 0.1) is 0 Å². The number of para-hydroxylation sites is 4. The molecule has 0 saturated heterocycles. The van der Waals surface area contributed by atoms with E-state index in [1.54, 1.807) is 0 Å². The Bertz CT molecular complexity index is 8830. The molecule has 10 heterocycles. The van der Waals surface area contributed by atoms with E-state index in [0.717, 1.165) is 82.4 Å². The summed E-state index contributed by atoms with van der Waals surface area (Å²) in [6.07, 6.45) is 0. The van der Waals surface area contributed by atoms with Gasteiger partial charge in [0.2, 0.25) is 0 Å². The molecule has 0 radical (unpaired) electrons. The van der Waals surface area contributed by atoms with Gasteiger partial charge in [-0.05, 0) is 144 Å². The standard InChI is InChI=1S/C57H32N4OS2.C57H32N4S3/c1-3-13-33(14-4-1)55-58-56(34-15-5-2-6-16-34)60-57(59-55)41-21-11-19-39-40-20-12-23-48(54(40)62-53(39)41)61-46-22-9-7-17-37(46)42-29-35(25-27-47(42)61)36-26-28-50-43(30-36)45-32-51-44(31-52(45)64-50)38-18-8-10-24-49(38)63-51;1-3-13-33(14-4-1)55-58-56(34-15-5-2-6-16-34)60-57(59-55)41-21-11-19-39-40-20-12-23-48(54(40)64-53(39)41)61-46-22-9-7-17-37(46)42-29-35(25-27-47(42)61)36-26-28-50-43(30-36)45-32-51-44(31-52(45)63-50)38-18-8-10-24-49(38)62-51/h2*1-32H. The second-order valence-electron chi connectivity index (χ2n) is 32.6. The molecule has 0 bridgehead atoms. The molecule has 0 aliphatic heterocycles. The van der Waals surface area contributed by atoms with Crippen LogP contribution in [-0.2, 0) is 0 Å². The van der Waals surface area contributed by atoms with Crippen LogP contribution in [0.5, 0.6) is 0 Å². The van der Waals surface area contributed by atoms with E-state index in [1.165, 1.54) is 151 Å². The molecule has 128 heavy (non-hydrogen) atoms. The van der Waals surface area contributed by atoms with Crippen LogP contribution in [0.15, 0.2) is 393 Å². The second-order valence-corrected chi connectivity index (χ2v) is 38.0. The number of benzene rings is 18. The van der Waals surface area contributed by atoms with E-state index in [0.29, 0.717) is 34.9 Å². The summed E-state index contributed by atoms with van der Waals surface area (Å²) in [5, 5.41) is 20.0. The van der Waals surface area contributed by atoms with Crippen LogP contribution in [0.2, 0.25) is 0 Å². The van der Waals surface area contributed by atoms with Gasteiger partial charge in [0.15, 0.2) is 40.5 Å². The van der Waals surface area contributed by atoms with Crippen molar-refractivity contribution < 1.29 is 4.42 Å². The van der Waals surface area contributed by atoms with Gasteiger partial charge in [0.05, 0.1) is 43.7 Å². The number of aromatic nitrogens is 8. The summed E-state index contributed by atoms with van der Waals surface area (Å²) in [5.74, 6) is 3.76. The highest BCUT2D eigenvalue weighted by molar-refractivity contribution is 7.28. The van der Waals surface area contributed by atoms with Crippen molar-refractivity contribution in [3.05, 3.63) is 388 Å². The van der Waals surface area contributed by atoms with E-state index in [-0.39, 0.29) is 0 Å². The third-order valence-corrected chi connectivity index (χ3v) is 31.1. The quantitative estimate of drug-likeness (QED) is 0.134. The molecule has 14 heteroatoms. The van der Waals surface area contributed by atoms with Gasteiger partial charge in [-0.3, -0.25) is 0 Å². The van der Waals surface area contributed by atoms with Gasteiger partial charge >= 0.3 is 0 Å². The third-order valence-electron chi connectivity index (χ3n) is 25.3. The molecule has 0 N–H and O–H groups in total. The molecule has 0 saturated carbocycles. The maximum absolute atomic E-state index is 7.07. The lowest BCUT2D eigenvalue weighted by Crippen LogP contribution is -2.00. The van der Waals surface area contributed by atoms with E-state index in [1.807, 2.05) is 160 Å². The molecule has 18 aromatic carbocycles. The van der Waals surface area contributed by atoms with E-state index < -0.39 is 0 Å². The number of fused-ring (bicyclic) bond motifs is 24. The molecule has 0 unspecified atom stereocenters. The minimum atomic E-state index is 0.560. The largest absolute Gasteiger partial charge is 0.453 e. The Morgan fingerprint density at radius 2 is 0.484 bits per heavy atom. The van der Waals surface area contributed by atoms with Crippen LogP contribution in [0.25, 0.3) is 268 Å². The first kappa shape index (κ1) is 72.9. The normalized spacial score (nSPS) is 12.1. The Morgan fingerprint density at radius 3 is 0.953 bits per heavy atom. The lowest BCUT2D eigenvalue weighted by Gasteiger charge is -2.10. The van der Waals surface area contributed by atoms with Crippen LogP contribution in [-0.4, -0.2) is 39.0 Å². The predicted octanol–water partition coefficient (Wildman–Crippen LogP) is 33.0. The summed E-state index contributed by atoms with van der Waals surface area (Å²) in [7, 11) is 0. The molecule has 0 fully saturated rings. The second kappa shape index (κ2) is 29.0. The molecule has 0 spiro atoms. The number of thiophene rings is 5. The molecule has 9 nitrogen and oxygen atoms in total. The maximum Gasteiger partial charge on any atom is 0.167 e. The first-order chi connectivity index (χ1) is 63.4. The van der Waals surface area contributed by atoms with Gasteiger partial charge < -0.3 is 13.6 Å².